The molecule has 1 atom stereocenters. The highest BCUT2D eigenvalue weighted by Gasteiger charge is 2.19. The first-order valence-electron chi connectivity index (χ1n) is 6.64. The van der Waals surface area contributed by atoms with Crippen LogP contribution in [-0.4, -0.2) is 33.4 Å². The highest BCUT2D eigenvalue weighted by atomic mass is 35.5. The molecule has 0 amide bonds. The first-order valence-corrected chi connectivity index (χ1v) is 7.02. The quantitative estimate of drug-likeness (QED) is 0.876. The van der Waals surface area contributed by atoms with Crippen LogP contribution in [0.1, 0.15) is 12.8 Å². The van der Waals surface area contributed by atoms with Crippen molar-refractivity contribution in [3.8, 4) is 11.4 Å². The van der Waals surface area contributed by atoms with E-state index in [2.05, 4.69) is 15.5 Å². The number of ether oxygens (including phenoxy) is 1. The van der Waals surface area contributed by atoms with Gasteiger partial charge >= 0.3 is 0 Å². The van der Waals surface area contributed by atoms with Crippen molar-refractivity contribution in [1.29, 1.82) is 0 Å². The monoisotopic (exact) mass is 293 g/mol. The molecule has 0 saturated carbocycles. The molecule has 2 heterocycles. The average molecular weight is 294 g/mol. The molecule has 2 N–H and O–H groups in total. The second-order valence-electron chi connectivity index (χ2n) is 4.98. The van der Waals surface area contributed by atoms with Crippen LogP contribution in [0, 0.1) is 5.92 Å². The molecule has 20 heavy (non-hydrogen) atoms. The van der Waals surface area contributed by atoms with Crippen LogP contribution in [0.2, 0.25) is 5.02 Å². The lowest BCUT2D eigenvalue weighted by atomic mass is 10.0. The molecule has 1 fully saturated rings. The second-order valence-corrected chi connectivity index (χ2v) is 5.35. The molecular formula is C13H16ClN5O. The summed E-state index contributed by atoms with van der Waals surface area (Å²) in [5.41, 5.74) is 7.12. The van der Waals surface area contributed by atoms with Gasteiger partial charge in [0.1, 0.15) is 0 Å². The Morgan fingerprint density at radius 2 is 2.35 bits per heavy atom. The van der Waals surface area contributed by atoms with Gasteiger partial charge in [0.25, 0.3) is 0 Å². The molecule has 7 heteroatoms. The van der Waals surface area contributed by atoms with Crippen molar-refractivity contribution in [3.63, 3.8) is 0 Å². The normalized spacial score (nSPS) is 19.1. The predicted molar refractivity (Wildman–Crippen MR) is 76.2 cm³/mol. The summed E-state index contributed by atoms with van der Waals surface area (Å²) < 4.78 is 7.27. The molecule has 1 aromatic carbocycles. The number of benzene rings is 1. The molecule has 2 aromatic rings. The summed E-state index contributed by atoms with van der Waals surface area (Å²) in [6.07, 6.45) is 2.21. The fourth-order valence-corrected chi connectivity index (χ4v) is 2.65. The number of rotatable bonds is 3. The smallest absolute Gasteiger partial charge is 0.183 e. The number of nitrogens with two attached hydrogens (primary N) is 1. The molecule has 3 rings (SSSR count). The molecule has 6 nitrogen and oxygen atoms in total. The minimum absolute atomic E-state index is 0.436. The zero-order valence-corrected chi connectivity index (χ0v) is 11.8. The van der Waals surface area contributed by atoms with E-state index in [0.717, 1.165) is 38.2 Å². The average Bonchev–Trinajstić information content (AvgIpc) is 2.91. The van der Waals surface area contributed by atoms with Crippen molar-refractivity contribution in [2.45, 2.75) is 19.4 Å². The highest BCUT2D eigenvalue weighted by molar-refractivity contribution is 6.35. The Hall–Kier alpha value is -1.66. The maximum Gasteiger partial charge on any atom is 0.183 e. The van der Waals surface area contributed by atoms with Crippen molar-refractivity contribution in [3.05, 3.63) is 23.2 Å². The molecule has 0 spiro atoms. The summed E-state index contributed by atoms with van der Waals surface area (Å²) >= 11 is 6.24. The zero-order chi connectivity index (χ0) is 13.9. The maximum atomic E-state index is 6.24. The highest BCUT2D eigenvalue weighted by Crippen LogP contribution is 2.31. The van der Waals surface area contributed by atoms with Gasteiger partial charge < -0.3 is 10.5 Å². The topological polar surface area (TPSA) is 78.9 Å². The van der Waals surface area contributed by atoms with E-state index in [1.807, 2.05) is 12.1 Å². The fraction of sp³-hybridized carbons (Fsp3) is 0.462. The van der Waals surface area contributed by atoms with E-state index >= 15 is 0 Å². The summed E-state index contributed by atoms with van der Waals surface area (Å²) in [7, 11) is 0. The first-order chi connectivity index (χ1) is 9.75. The van der Waals surface area contributed by atoms with Gasteiger partial charge in [-0.1, -0.05) is 17.7 Å². The lowest BCUT2D eigenvalue weighted by Crippen LogP contribution is -2.23. The first kappa shape index (κ1) is 13.3. The number of tetrazole rings is 1. The van der Waals surface area contributed by atoms with Gasteiger partial charge in [-0.05, 0) is 35.4 Å². The third-order valence-corrected chi connectivity index (χ3v) is 3.91. The Balaban J connectivity index is 1.87. The van der Waals surface area contributed by atoms with E-state index in [9.17, 15) is 0 Å². The number of nitrogen functional groups attached to an aromatic ring is 1. The lowest BCUT2D eigenvalue weighted by Gasteiger charge is -2.22. The van der Waals surface area contributed by atoms with Crippen LogP contribution in [0.4, 0.5) is 5.69 Å². The van der Waals surface area contributed by atoms with E-state index in [-0.39, 0.29) is 0 Å². The molecule has 1 unspecified atom stereocenters. The minimum Gasteiger partial charge on any atom is -0.398 e. The molecule has 0 bridgehead atoms. The summed E-state index contributed by atoms with van der Waals surface area (Å²) in [5, 5.41) is 12.4. The van der Waals surface area contributed by atoms with Crippen LogP contribution in [0.25, 0.3) is 11.4 Å². The van der Waals surface area contributed by atoms with E-state index < -0.39 is 0 Å². The Bertz CT molecular complexity index is 594. The Morgan fingerprint density at radius 3 is 3.15 bits per heavy atom. The molecule has 1 aliphatic rings. The molecule has 1 aliphatic heterocycles. The van der Waals surface area contributed by atoms with Gasteiger partial charge in [0.2, 0.25) is 0 Å². The molecule has 0 radical (unpaired) electrons. The summed E-state index contributed by atoms with van der Waals surface area (Å²) in [5.74, 6) is 1.08. The number of hydrogen-bond donors (Lipinski definition) is 1. The number of halogens is 1. The van der Waals surface area contributed by atoms with Gasteiger partial charge in [-0.25, -0.2) is 4.68 Å². The molecule has 106 valence electrons. The molecular weight excluding hydrogens is 278 g/mol. The van der Waals surface area contributed by atoms with Crippen LogP contribution < -0.4 is 5.73 Å². The molecule has 1 aromatic heterocycles. The zero-order valence-electron chi connectivity index (χ0n) is 11.0. The van der Waals surface area contributed by atoms with Crippen molar-refractivity contribution < 1.29 is 4.74 Å². The number of hydrogen-bond acceptors (Lipinski definition) is 5. The van der Waals surface area contributed by atoms with Gasteiger partial charge in [0.05, 0.1) is 23.9 Å². The largest absolute Gasteiger partial charge is 0.398 e. The fourth-order valence-electron chi connectivity index (χ4n) is 2.44. The standard InChI is InChI=1S/C13H16ClN5O/c14-12-10(4-1-5-11(12)15)13-16-17-18-19(13)7-9-3-2-6-20-8-9/h1,4-5,9H,2-3,6-8,15H2. The Kier molecular flexibility index (Phi) is 3.84. The van der Waals surface area contributed by atoms with Crippen molar-refractivity contribution in [1.82, 2.24) is 20.2 Å². The number of anilines is 1. The summed E-state index contributed by atoms with van der Waals surface area (Å²) in [4.78, 5) is 0. The van der Waals surface area contributed by atoms with E-state index in [1.54, 1.807) is 10.7 Å². The van der Waals surface area contributed by atoms with Crippen molar-refractivity contribution in [2.75, 3.05) is 18.9 Å². The molecule has 1 saturated heterocycles. The van der Waals surface area contributed by atoms with E-state index in [4.69, 9.17) is 22.1 Å². The Morgan fingerprint density at radius 1 is 1.45 bits per heavy atom. The van der Waals surface area contributed by atoms with E-state index in [1.165, 1.54) is 0 Å². The van der Waals surface area contributed by atoms with E-state index in [0.29, 0.717) is 22.5 Å². The van der Waals surface area contributed by atoms with Gasteiger partial charge in [-0.2, -0.15) is 0 Å². The third kappa shape index (κ3) is 2.62. The Labute approximate surface area is 121 Å². The van der Waals surface area contributed by atoms with Gasteiger partial charge in [0, 0.05) is 18.1 Å². The van der Waals surface area contributed by atoms with Crippen LogP contribution in [0.5, 0.6) is 0 Å². The van der Waals surface area contributed by atoms with Gasteiger partial charge in [-0.15, -0.1) is 5.10 Å². The van der Waals surface area contributed by atoms with Crippen LogP contribution in [-0.2, 0) is 11.3 Å². The third-order valence-electron chi connectivity index (χ3n) is 3.49. The minimum atomic E-state index is 0.436. The SMILES string of the molecule is Nc1cccc(-c2nnnn2CC2CCCOC2)c1Cl. The predicted octanol–water partition coefficient (Wildman–Crippen LogP) is 2.00. The van der Waals surface area contributed by atoms with Crippen LogP contribution in [0.15, 0.2) is 18.2 Å². The van der Waals surface area contributed by atoms with Gasteiger partial charge in [-0.3, -0.25) is 0 Å². The van der Waals surface area contributed by atoms with Crippen molar-refractivity contribution in [2.24, 2.45) is 5.92 Å². The van der Waals surface area contributed by atoms with Gasteiger partial charge in [0.15, 0.2) is 5.82 Å². The molecule has 0 aliphatic carbocycles. The van der Waals surface area contributed by atoms with Crippen LogP contribution in [0.3, 0.4) is 0 Å². The number of nitrogens with zero attached hydrogens (tertiary/aromatic N) is 4. The van der Waals surface area contributed by atoms with Crippen LogP contribution >= 0.6 is 11.6 Å². The maximum absolute atomic E-state index is 6.24. The second kappa shape index (κ2) is 5.76. The lowest BCUT2D eigenvalue weighted by molar-refractivity contribution is 0.0470. The summed E-state index contributed by atoms with van der Waals surface area (Å²) in [6.45, 7) is 2.33. The summed E-state index contributed by atoms with van der Waals surface area (Å²) in [6, 6.07) is 5.48. The number of aromatic nitrogens is 4. The van der Waals surface area contributed by atoms with Crippen molar-refractivity contribution >= 4 is 17.3 Å².